The fourth-order valence-corrected chi connectivity index (χ4v) is 3.84. The van der Waals surface area contributed by atoms with Crippen LogP contribution >= 0.6 is 7.60 Å². The van der Waals surface area contributed by atoms with Gasteiger partial charge in [0.25, 0.3) is 0 Å². The van der Waals surface area contributed by atoms with Crippen molar-refractivity contribution in [3.63, 3.8) is 0 Å². The summed E-state index contributed by atoms with van der Waals surface area (Å²) in [5.41, 5.74) is -5.72. The van der Waals surface area contributed by atoms with Crippen LogP contribution in [0.15, 0.2) is 30.3 Å². The Morgan fingerprint density at radius 2 is 1.81 bits per heavy atom. The molecule has 0 bridgehead atoms. The summed E-state index contributed by atoms with van der Waals surface area (Å²) in [4.78, 5) is 11.6. The molecule has 0 aliphatic rings. The molecule has 0 aromatic heterocycles. The minimum absolute atomic E-state index is 0.0324. The molecule has 1 aromatic rings. The van der Waals surface area contributed by atoms with Crippen LogP contribution in [-0.2, 0) is 32.9 Å². The standard InChI is InChI=1S/C13H16F3O8PS/c1-3-21-12(17)10(2)23-25(18,24-11-7-5-4-6-8-11)9-22-26(19,20)13(14,15)16/h4-8,10H,3,9H2,1-2H3/t10-,25?/m0/s1. The molecule has 1 aromatic carbocycles. The van der Waals surface area contributed by atoms with E-state index in [2.05, 4.69) is 8.92 Å². The smallest absolute Gasteiger partial charge is 0.464 e. The van der Waals surface area contributed by atoms with Crippen molar-refractivity contribution >= 4 is 23.7 Å². The second kappa shape index (κ2) is 8.85. The van der Waals surface area contributed by atoms with Crippen LogP contribution in [0, 0.1) is 0 Å². The van der Waals surface area contributed by atoms with E-state index in [1.807, 2.05) is 0 Å². The third-order valence-electron chi connectivity index (χ3n) is 2.57. The van der Waals surface area contributed by atoms with E-state index in [9.17, 15) is 30.9 Å². The molecule has 148 valence electrons. The van der Waals surface area contributed by atoms with Crippen molar-refractivity contribution < 1.29 is 48.9 Å². The molecule has 13 heteroatoms. The van der Waals surface area contributed by atoms with Crippen LogP contribution in [0.5, 0.6) is 5.75 Å². The van der Waals surface area contributed by atoms with Crippen LogP contribution in [-0.4, -0.2) is 39.0 Å². The van der Waals surface area contributed by atoms with Crippen LogP contribution in [0.4, 0.5) is 13.2 Å². The fraction of sp³-hybridized carbons (Fsp3) is 0.462. The number of hydrogen-bond acceptors (Lipinski definition) is 8. The monoisotopic (exact) mass is 420 g/mol. The Kier molecular flexibility index (Phi) is 7.63. The van der Waals surface area contributed by atoms with Crippen molar-refractivity contribution in [1.82, 2.24) is 0 Å². The fourth-order valence-electron chi connectivity index (χ4n) is 1.46. The molecule has 1 rings (SSSR count). The first kappa shape index (κ1) is 22.4. The Morgan fingerprint density at radius 3 is 2.31 bits per heavy atom. The zero-order valence-electron chi connectivity index (χ0n) is 13.6. The van der Waals surface area contributed by atoms with Gasteiger partial charge in [0.2, 0.25) is 0 Å². The molecular weight excluding hydrogens is 404 g/mol. The van der Waals surface area contributed by atoms with Gasteiger partial charge in [-0.1, -0.05) is 18.2 Å². The average molecular weight is 420 g/mol. The third-order valence-corrected chi connectivity index (χ3v) is 5.32. The minimum Gasteiger partial charge on any atom is -0.464 e. The summed E-state index contributed by atoms with van der Waals surface area (Å²) in [6, 6.07) is 7.08. The van der Waals surface area contributed by atoms with E-state index < -0.39 is 41.6 Å². The lowest BCUT2D eigenvalue weighted by atomic mass is 10.3. The van der Waals surface area contributed by atoms with E-state index in [1.165, 1.54) is 31.2 Å². The van der Waals surface area contributed by atoms with Gasteiger partial charge >= 0.3 is 29.2 Å². The van der Waals surface area contributed by atoms with E-state index in [4.69, 9.17) is 9.05 Å². The first-order valence-corrected chi connectivity index (χ1v) is 10.2. The van der Waals surface area contributed by atoms with Gasteiger partial charge in [-0.25, -0.2) is 13.5 Å². The van der Waals surface area contributed by atoms with Crippen LogP contribution in [0.3, 0.4) is 0 Å². The van der Waals surface area contributed by atoms with Gasteiger partial charge in [0.1, 0.15) is 5.75 Å². The molecule has 0 heterocycles. The lowest BCUT2D eigenvalue weighted by Gasteiger charge is -2.22. The number of benzene rings is 1. The number of hydrogen-bond donors (Lipinski definition) is 0. The molecule has 0 aliphatic carbocycles. The van der Waals surface area contributed by atoms with Crippen molar-refractivity contribution in [2.24, 2.45) is 0 Å². The number of para-hydroxylation sites is 1. The van der Waals surface area contributed by atoms with Crippen molar-refractivity contribution in [3.05, 3.63) is 30.3 Å². The van der Waals surface area contributed by atoms with Crippen LogP contribution < -0.4 is 4.52 Å². The second-order valence-corrected chi connectivity index (χ2v) is 8.14. The summed E-state index contributed by atoms with van der Waals surface area (Å²) in [7, 11) is -10.7. The molecule has 0 saturated carbocycles. The number of alkyl halides is 3. The first-order chi connectivity index (χ1) is 11.9. The quantitative estimate of drug-likeness (QED) is 0.260. The molecule has 2 atom stereocenters. The predicted octanol–water partition coefficient (Wildman–Crippen LogP) is 3.05. The molecule has 0 spiro atoms. The molecule has 0 radical (unpaired) electrons. The van der Waals surface area contributed by atoms with Crippen molar-refractivity contribution in [1.29, 1.82) is 0 Å². The Labute approximate surface area is 147 Å². The van der Waals surface area contributed by atoms with Gasteiger partial charge in [-0.15, -0.1) is 0 Å². The highest BCUT2D eigenvalue weighted by molar-refractivity contribution is 7.87. The third kappa shape index (κ3) is 6.60. The summed E-state index contributed by atoms with van der Waals surface area (Å²) in [6.07, 6.45) is -3.10. The van der Waals surface area contributed by atoms with E-state index in [0.29, 0.717) is 0 Å². The Hall–Kier alpha value is -1.62. The maximum absolute atomic E-state index is 12.7. The van der Waals surface area contributed by atoms with Gasteiger partial charge in [0.05, 0.1) is 6.61 Å². The number of rotatable bonds is 9. The van der Waals surface area contributed by atoms with Gasteiger partial charge < -0.3 is 9.26 Å². The predicted molar refractivity (Wildman–Crippen MR) is 82.8 cm³/mol. The Balaban J connectivity index is 3.01. The van der Waals surface area contributed by atoms with Gasteiger partial charge in [0.15, 0.2) is 12.5 Å². The minimum atomic E-state index is -6.04. The number of carbonyl (C=O) groups is 1. The first-order valence-electron chi connectivity index (χ1n) is 7.04. The summed E-state index contributed by atoms with van der Waals surface area (Å²) in [5, 5.41) is 0. The number of carbonyl (C=O) groups excluding carboxylic acids is 1. The zero-order valence-corrected chi connectivity index (χ0v) is 15.3. The summed E-state index contributed by atoms with van der Waals surface area (Å²) in [6.45, 7) is 2.57. The SMILES string of the molecule is CCOC(=O)[C@H](C)OP(=O)(COS(=O)(=O)C(F)(F)F)Oc1ccccc1. The van der Waals surface area contributed by atoms with Crippen LogP contribution in [0.2, 0.25) is 0 Å². The summed E-state index contributed by atoms with van der Waals surface area (Å²) < 4.78 is 90.0. The number of halogens is 3. The maximum atomic E-state index is 12.7. The normalized spacial score (nSPS) is 15.7. The van der Waals surface area contributed by atoms with Crippen LogP contribution in [0.1, 0.15) is 13.8 Å². The highest BCUT2D eigenvalue weighted by Gasteiger charge is 2.49. The average Bonchev–Trinajstić information content (AvgIpc) is 2.53. The van der Waals surface area contributed by atoms with E-state index in [0.717, 1.165) is 6.92 Å². The van der Waals surface area contributed by atoms with Crippen LogP contribution in [0.25, 0.3) is 0 Å². The molecule has 0 amide bonds. The maximum Gasteiger partial charge on any atom is 0.523 e. The van der Waals surface area contributed by atoms with E-state index in [-0.39, 0.29) is 12.4 Å². The van der Waals surface area contributed by atoms with Crippen molar-refractivity contribution in [2.75, 3.05) is 13.0 Å². The van der Waals surface area contributed by atoms with E-state index >= 15 is 0 Å². The molecule has 0 fully saturated rings. The lowest BCUT2D eigenvalue weighted by Crippen LogP contribution is -2.28. The molecular formula is C13H16F3O8PS. The largest absolute Gasteiger partial charge is 0.523 e. The lowest BCUT2D eigenvalue weighted by molar-refractivity contribution is -0.150. The molecule has 1 unspecified atom stereocenters. The number of esters is 1. The topological polar surface area (TPSA) is 105 Å². The van der Waals surface area contributed by atoms with Gasteiger partial charge in [-0.05, 0) is 26.0 Å². The molecule has 0 saturated heterocycles. The van der Waals surface area contributed by atoms with Gasteiger partial charge in [-0.2, -0.15) is 21.6 Å². The molecule has 8 nitrogen and oxygen atoms in total. The summed E-state index contributed by atoms with van der Waals surface area (Å²) in [5.74, 6) is -1.07. The molecule has 0 N–H and O–H groups in total. The second-order valence-electron chi connectivity index (χ2n) is 4.66. The Morgan fingerprint density at radius 1 is 1.23 bits per heavy atom. The molecule has 26 heavy (non-hydrogen) atoms. The zero-order chi connectivity index (χ0) is 20.0. The van der Waals surface area contributed by atoms with Crippen molar-refractivity contribution in [2.45, 2.75) is 25.5 Å². The summed E-state index contributed by atoms with van der Waals surface area (Å²) >= 11 is 0. The Bertz CT molecular complexity index is 750. The van der Waals surface area contributed by atoms with Gasteiger partial charge in [-0.3, -0.25) is 4.52 Å². The highest BCUT2D eigenvalue weighted by Crippen LogP contribution is 2.50. The molecule has 0 aliphatic heterocycles. The van der Waals surface area contributed by atoms with E-state index in [1.54, 1.807) is 6.07 Å². The number of ether oxygens (including phenoxy) is 1. The highest BCUT2D eigenvalue weighted by atomic mass is 32.2. The van der Waals surface area contributed by atoms with Gasteiger partial charge in [0, 0.05) is 0 Å². The van der Waals surface area contributed by atoms with Crippen molar-refractivity contribution in [3.8, 4) is 5.75 Å².